The Balaban J connectivity index is 2.67. The first-order chi connectivity index (χ1) is 9.90. The highest BCUT2D eigenvalue weighted by Gasteiger charge is 2.27. The zero-order chi connectivity index (χ0) is 15.6. The normalized spacial score (nSPS) is 12.1. The zero-order valence-electron chi connectivity index (χ0n) is 13.9. The van der Waals surface area contributed by atoms with Crippen LogP contribution in [0.25, 0.3) is 11.4 Å². The highest BCUT2D eigenvalue weighted by atomic mass is 15.2. The van der Waals surface area contributed by atoms with Crippen molar-refractivity contribution in [1.82, 2.24) is 9.55 Å². The topological polar surface area (TPSA) is 43.8 Å². The molecule has 3 heteroatoms. The smallest absolute Gasteiger partial charge is 0.142 e. The second-order valence-electron chi connectivity index (χ2n) is 6.59. The molecule has 1 aromatic heterocycles. The van der Waals surface area contributed by atoms with Crippen molar-refractivity contribution in [2.75, 3.05) is 5.73 Å². The van der Waals surface area contributed by atoms with Crippen molar-refractivity contribution in [1.29, 1.82) is 0 Å². The molecule has 0 saturated carbocycles. The Hall–Kier alpha value is -1.77. The minimum atomic E-state index is -0.0907. The lowest BCUT2D eigenvalue weighted by molar-refractivity contribution is 0.406. The van der Waals surface area contributed by atoms with E-state index < -0.39 is 0 Å². The minimum Gasteiger partial charge on any atom is -0.384 e. The van der Waals surface area contributed by atoms with Gasteiger partial charge in [-0.05, 0) is 33.6 Å². The lowest BCUT2D eigenvalue weighted by Gasteiger charge is -2.25. The number of aromatic nitrogens is 2. The van der Waals surface area contributed by atoms with Crippen LogP contribution >= 0.6 is 0 Å². The lowest BCUT2D eigenvalue weighted by atomic mass is 9.99. The number of hydrogen-bond acceptors (Lipinski definition) is 2. The van der Waals surface area contributed by atoms with E-state index >= 15 is 0 Å². The maximum atomic E-state index is 6.48. The van der Waals surface area contributed by atoms with Crippen LogP contribution in [0.4, 0.5) is 5.82 Å². The number of rotatable bonds is 4. The molecule has 0 saturated heterocycles. The van der Waals surface area contributed by atoms with Gasteiger partial charge in [0.25, 0.3) is 0 Å². The van der Waals surface area contributed by atoms with Crippen molar-refractivity contribution >= 4 is 5.82 Å². The molecule has 0 aliphatic carbocycles. The van der Waals surface area contributed by atoms with E-state index in [2.05, 4.69) is 51.3 Å². The van der Waals surface area contributed by atoms with Crippen LogP contribution in [0, 0.1) is 0 Å². The predicted molar refractivity (Wildman–Crippen MR) is 90.4 cm³/mol. The Morgan fingerprint density at radius 2 is 1.67 bits per heavy atom. The third-order valence-corrected chi connectivity index (χ3v) is 4.02. The SMILES string of the molecule is CCC(CC)c1nc(-c2ccccc2)n(C(C)(C)C)c1N. The molecular formula is C18H27N3. The first-order valence-electron chi connectivity index (χ1n) is 7.84. The molecule has 114 valence electrons. The van der Waals surface area contributed by atoms with Crippen molar-refractivity contribution in [2.24, 2.45) is 0 Å². The lowest BCUT2D eigenvalue weighted by Crippen LogP contribution is -2.24. The molecule has 0 fully saturated rings. The summed E-state index contributed by atoms with van der Waals surface area (Å²) in [7, 11) is 0. The second kappa shape index (κ2) is 5.92. The number of nitrogens with zero attached hydrogens (tertiary/aromatic N) is 2. The maximum Gasteiger partial charge on any atom is 0.142 e. The summed E-state index contributed by atoms with van der Waals surface area (Å²) in [5.41, 5.74) is 8.56. The van der Waals surface area contributed by atoms with Crippen molar-refractivity contribution < 1.29 is 0 Å². The molecule has 2 rings (SSSR count). The number of nitrogen functional groups attached to an aromatic ring is 1. The molecular weight excluding hydrogens is 258 g/mol. The van der Waals surface area contributed by atoms with Gasteiger partial charge in [-0.1, -0.05) is 44.2 Å². The third-order valence-electron chi connectivity index (χ3n) is 4.02. The van der Waals surface area contributed by atoms with Crippen LogP contribution in [0.15, 0.2) is 30.3 Å². The molecule has 1 aromatic carbocycles. The van der Waals surface area contributed by atoms with Crippen LogP contribution in [0.2, 0.25) is 0 Å². The summed E-state index contributed by atoms with van der Waals surface area (Å²) in [5.74, 6) is 2.22. The van der Waals surface area contributed by atoms with Crippen molar-refractivity contribution in [2.45, 2.75) is 58.9 Å². The molecule has 0 spiro atoms. The van der Waals surface area contributed by atoms with E-state index in [1.807, 2.05) is 18.2 Å². The first kappa shape index (κ1) is 15.6. The highest BCUT2D eigenvalue weighted by Crippen LogP contribution is 2.36. The van der Waals surface area contributed by atoms with Crippen LogP contribution in [0.5, 0.6) is 0 Å². The van der Waals surface area contributed by atoms with E-state index in [1.165, 1.54) is 0 Å². The number of hydrogen-bond donors (Lipinski definition) is 1. The van der Waals surface area contributed by atoms with Crippen LogP contribution in [-0.4, -0.2) is 9.55 Å². The van der Waals surface area contributed by atoms with E-state index in [-0.39, 0.29) is 5.54 Å². The molecule has 1 heterocycles. The van der Waals surface area contributed by atoms with Gasteiger partial charge in [0.1, 0.15) is 11.6 Å². The fourth-order valence-corrected chi connectivity index (χ4v) is 2.89. The summed E-state index contributed by atoms with van der Waals surface area (Å²) in [4.78, 5) is 4.93. The largest absolute Gasteiger partial charge is 0.384 e. The van der Waals surface area contributed by atoms with E-state index in [1.54, 1.807) is 0 Å². The Labute approximate surface area is 128 Å². The molecule has 2 aromatic rings. The maximum absolute atomic E-state index is 6.48. The second-order valence-corrected chi connectivity index (χ2v) is 6.59. The van der Waals surface area contributed by atoms with Crippen LogP contribution in [0.3, 0.4) is 0 Å². The van der Waals surface area contributed by atoms with Crippen molar-refractivity contribution in [3.05, 3.63) is 36.0 Å². The summed E-state index contributed by atoms with van der Waals surface area (Å²) in [6, 6.07) is 10.3. The van der Waals surface area contributed by atoms with E-state index in [4.69, 9.17) is 10.7 Å². The van der Waals surface area contributed by atoms with E-state index in [0.29, 0.717) is 5.92 Å². The van der Waals surface area contributed by atoms with Gasteiger partial charge in [-0.25, -0.2) is 4.98 Å². The fourth-order valence-electron chi connectivity index (χ4n) is 2.89. The fraction of sp³-hybridized carbons (Fsp3) is 0.500. The van der Waals surface area contributed by atoms with Crippen LogP contribution < -0.4 is 5.73 Å². The molecule has 0 aliphatic heterocycles. The Morgan fingerprint density at radius 3 is 2.14 bits per heavy atom. The van der Waals surface area contributed by atoms with Gasteiger partial charge in [-0.15, -0.1) is 0 Å². The summed E-state index contributed by atoms with van der Waals surface area (Å²) < 4.78 is 2.18. The van der Waals surface area contributed by atoms with Crippen LogP contribution in [0.1, 0.15) is 59.1 Å². The minimum absolute atomic E-state index is 0.0907. The zero-order valence-corrected chi connectivity index (χ0v) is 13.9. The molecule has 0 aliphatic rings. The Bertz CT molecular complexity index is 587. The predicted octanol–water partition coefficient (Wildman–Crippen LogP) is 4.79. The van der Waals surface area contributed by atoms with Gasteiger partial charge in [0.05, 0.1) is 5.69 Å². The third kappa shape index (κ3) is 2.97. The molecule has 3 nitrogen and oxygen atoms in total. The standard InChI is InChI=1S/C18H27N3/c1-6-13(7-2)15-16(19)21(18(3,4)5)17(20-15)14-11-9-8-10-12-14/h8-13H,6-7,19H2,1-5H3. The molecule has 0 atom stereocenters. The van der Waals surface area contributed by atoms with Gasteiger partial charge >= 0.3 is 0 Å². The summed E-state index contributed by atoms with van der Waals surface area (Å²) in [6.07, 6.45) is 2.13. The number of benzene rings is 1. The molecule has 0 amide bonds. The Kier molecular flexibility index (Phi) is 4.40. The van der Waals surface area contributed by atoms with Crippen molar-refractivity contribution in [3.63, 3.8) is 0 Å². The van der Waals surface area contributed by atoms with Gasteiger partial charge in [0.15, 0.2) is 0 Å². The van der Waals surface area contributed by atoms with E-state index in [9.17, 15) is 0 Å². The molecule has 2 N–H and O–H groups in total. The summed E-state index contributed by atoms with van der Waals surface area (Å²) in [5, 5.41) is 0. The average Bonchev–Trinajstić information content (AvgIpc) is 2.79. The first-order valence-corrected chi connectivity index (χ1v) is 7.84. The Morgan fingerprint density at radius 1 is 1.10 bits per heavy atom. The monoisotopic (exact) mass is 285 g/mol. The van der Waals surface area contributed by atoms with Crippen LogP contribution in [-0.2, 0) is 5.54 Å². The molecule has 21 heavy (non-hydrogen) atoms. The highest BCUT2D eigenvalue weighted by molar-refractivity contribution is 5.61. The number of anilines is 1. The van der Waals surface area contributed by atoms with Gasteiger partial charge in [-0.3, -0.25) is 0 Å². The van der Waals surface area contributed by atoms with Gasteiger partial charge in [0.2, 0.25) is 0 Å². The molecule has 0 unspecified atom stereocenters. The summed E-state index contributed by atoms with van der Waals surface area (Å²) >= 11 is 0. The quantitative estimate of drug-likeness (QED) is 0.877. The molecule has 0 radical (unpaired) electrons. The number of nitrogens with two attached hydrogens (primary N) is 1. The molecule has 0 bridgehead atoms. The van der Waals surface area contributed by atoms with Gasteiger partial charge < -0.3 is 10.3 Å². The van der Waals surface area contributed by atoms with Gasteiger partial charge in [0, 0.05) is 17.0 Å². The van der Waals surface area contributed by atoms with Gasteiger partial charge in [-0.2, -0.15) is 0 Å². The number of imidazole rings is 1. The average molecular weight is 285 g/mol. The van der Waals surface area contributed by atoms with E-state index in [0.717, 1.165) is 35.7 Å². The van der Waals surface area contributed by atoms with Crippen molar-refractivity contribution in [3.8, 4) is 11.4 Å². The summed E-state index contributed by atoms with van der Waals surface area (Å²) in [6.45, 7) is 10.9.